The van der Waals surface area contributed by atoms with Crippen molar-refractivity contribution in [1.29, 1.82) is 0 Å². The van der Waals surface area contributed by atoms with Crippen LogP contribution in [0.15, 0.2) is 18.2 Å². The fourth-order valence-electron chi connectivity index (χ4n) is 2.26. The topological polar surface area (TPSA) is 38.0 Å². The van der Waals surface area contributed by atoms with Crippen LogP contribution in [0.25, 0.3) is 10.9 Å². The van der Waals surface area contributed by atoms with Gasteiger partial charge in [0.05, 0.1) is 11.2 Å². The Labute approximate surface area is 88.3 Å². The van der Waals surface area contributed by atoms with Crippen molar-refractivity contribution in [2.75, 3.05) is 0 Å². The molecular formula is C12H14N2O. The van der Waals surface area contributed by atoms with Gasteiger partial charge >= 0.3 is 0 Å². The van der Waals surface area contributed by atoms with Gasteiger partial charge in [-0.15, -0.1) is 0 Å². The molecule has 1 aromatic carbocycles. The Hall–Kier alpha value is -1.51. The third kappa shape index (κ3) is 1.23. The lowest BCUT2D eigenvalue weighted by atomic mass is 9.82. The van der Waals surface area contributed by atoms with Crippen molar-refractivity contribution in [1.82, 2.24) is 9.78 Å². The number of phenols is 1. The van der Waals surface area contributed by atoms with Gasteiger partial charge in [-0.2, -0.15) is 5.10 Å². The fraction of sp³-hybridized carbons (Fsp3) is 0.417. The molecule has 1 aliphatic rings. The minimum Gasteiger partial charge on any atom is -0.508 e. The minimum absolute atomic E-state index is 0.311. The summed E-state index contributed by atoms with van der Waals surface area (Å²) in [7, 11) is 1.93. The number of hydrogen-bond donors (Lipinski definition) is 1. The molecule has 1 fully saturated rings. The number of rotatable bonds is 1. The van der Waals surface area contributed by atoms with E-state index in [-0.39, 0.29) is 0 Å². The third-order valence-corrected chi connectivity index (χ3v) is 3.36. The largest absolute Gasteiger partial charge is 0.508 e. The van der Waals surface area contributed by atoms with Crippen LogP contribution in [0.3, 0.4) is 0 Å². The Morgan fingerprint density at radius 2 is 2.20 bits per heavy atom. The van der Waals surface area contributed by atoms with Gasteiger partial charge in [-0.25, -0.2) is 0 Å². The van der Waals surface area contributed by atoms with Crippen LogP contribution >= 0.6 is 0 Å². The molecule has 3 nitrogen and oxygen atoms in total. The summed E-state index contributed by atoms with van der Waals surface area (Å²) in [6, 6.07) is 5.50. The first-order chi connectivity index (χ1) is 7.25. The summed E-state index contributed by atoms with van der Waals surface area (Å²) in [6.07, 6.45) is 3.83. The van der Waals surface area contributed by atoms with Gasteiger partial charge in [0.2, 0.25) is 0 Å². The number of aromatic hydroxyl groups is 1. The average Bonchev–Trinajstić information content (AvgIpc) is 2.41. The highest BCUT2D eigenvalue weighted by atomic mass is 16.3. The van der Waals surface area contributed by atoms with Crippen LogP contribution in [-0.4, -0.2) is 14.9 Å². The number of aryl methyl sites for hydroxylation is 1. The molecule has 3 heteroatoms. The summed E-state index contributed by atoms with van der Waals surface area (Å²) >= 11 is 0. The van der Waals surface area contributed by atoms with E-state index < -0.39 is 0 Å². The number of fused-ring (bicyclic) bond motifs is 1. The standard InChI is InChI=1S/C12H14N2O/c1-14-11-7-9(15)5-6-10(11)12(13-14)8-3-2-4-8/h5-8,15H,2-4H2,1H3. The molecule has 0 unspecified atom stereocenters. The van der Waals surface area contributed by atoms with E-state index in [2.05, 4.69) is 5.10 Å². The molecule has 0 radical (unpaired) electrons. The number of hydrogen-bond acceptors (Lipinski definition) is 2. The molecule has 0 saturated heterocycles. The van der Waals surface area contributed by atoms with E-state index in [0.29, 0.717) is 11.7 Å². The molecule has 0 atom stereocenters. The second kappa shape index (κ2) is 2.99. The summed E-state index contributed by atoms with van der Waals surface area (Å²) in [6.45, 7) is 0. The Morgan fingerprint density at radius 3 is 2.87 bits per heavy atom. The van der Waals surface area contributed by atoms with E-state index >= 15 is 0 Å². The van der Waals surface area contributed by atoms with Gasteiger partial charge in [-0.3, -0.25) is 4.68 Å². The van der Waals surface area contributed by atoms with Crippen LogP contribution in [0.1, 0.15) is 30.9 Å². The Bertz CT molecular complexity index is 512. The number of nitrogens with zero attached hydrogens (tertiary/aromatic N) is 2. The van der Waals surface area contributed by atoms with E-state index in [1.54, 1.807) is 12.1 Å². The van der Waals surface area contributed by atoms with Gasteiger partial charge < -0.3 is 5.11 Å². The Morgan fingerprint density at radius 1 is 1.40 bits per heavy atom. The maximum absolute atomic E-state index is 9.43. The first kappa shape index (κ1) is 8.77. The monoisotopic (exact) mass is 202 g/mol. The highest BCUT2D eigenvalue weighted by Crippen LogP contribution is 2.39. The van der Waals surface area contributed by atoms with Crippen LogP contribution < -0.4 is 0 Å². The smallest absolute Gasteiger partial charge is 0.117 e. The molecule has 0 bridgehead atoms. The third-order valence-electron chi connectivity index (χ3n) is 3.36. The summed E-state index contributed by atoms with van der Waals surface area (Å²) in [5.41, 5.74) is 2.23. The van der Waals surface area contributed by atoms with Crippen LogP contribution in [-0.2, 0) is 7.05 Å². The molecule has 0 amide bonds. The van der Waals surface area contributed by atoms with E-state index in [9.17, 15) is 5.11 Å². The molecule has 2 aromatic rings. The van der Waals surface area contributed by atoms with Gasteiger partial charge in [0.1, 0.15) is 5.75 Å². The Kier molecular flexibility index (Phi) is 1.75. The maximum atomic E-state index is 9.43. The predicted octanol–water partition coefficient (Wildman–Crippen LogP) is 2.55. The highest BCUT2D eigenvalue weighted by molar-refractivity contribution is 5.83. The highest BCUT2D eigenvalue weighted by Gasteiger charge is 2.24. The van der Waals surface area contributed by atoms with Crippen molar-refractivity contribution in [3.63, 3.8) is 0 Å². The predicted molar refractivity (Wildman–Crippen MR) is 59.0 cm³/mol. The molecule has 1 aliphatic carbocycles. The molecule has 1 saturated carbocycles. The summed E-state index contributed by atoms with van der Waals surface area (Å²) in [5, 5.41) is 15.2. The summed E-state index contributed by atoms with van der Waals surface area (Å²) in [5.74, 6) is 0.948. The van der Waals surface area contributed by atoms with E-state index in [0.717, 1.165) is 5.52 Å². The molecule has 1 N–H and O–H groups in total. The second-order valence-electron chi connectivity index (χ2n) is 4.34. The lowest BCUT2D eigenvalue weighted by Gasteiger charge is -2.23. The summed E-state index contributed by atoms with van der Waals surface area (Å²) in [4.78, 5) is 0. The normalized spacial score (nSPS) is 16.9. The zero-order valence-electron chi connectivity index (χ0n) is 8.77. The van der Waals surface area contributed by atoms with Crippen molar-refractivity contribution in [3.05, 3.63) is 23.9 Å². The van der Waals surface area contributed by atoms with Crippen molar-refractivity contribution >= 4 is 10.9 Å². The average molecular weight is 202 g/mol. The lowest BCUT2D eigenvalue weighted by Crippen LogP contribution is -2.09. The van der Waals surface area contributed by atoms with Crippen molar-refractivity contribution in [2.24, 2.45) is 7.05 Å². The molecule has 1 aromatic heterocycles. The molecule has 3 rings (SSSR count). The van der Waals surface area contributed by atoms with Crippen LogP contribution in [0.4, 0.5) is 0 Å². The minimum atomic E-state index is 0.311. The fourth-order valence-corrected chi connectivity index (χ4v) is 2.26. The van der Waals surface area contributed by atoms with Crippen molar-refractivity contribution in [2.45, 2.75) is 25.2 Å². The van der Waals surface area contributed by atoms with Crippen LogP contribution in [0.5, 0.6) is 5.75 Å². The van der Waals surface area contributed by atoms with Gasteiger partial charge in [-0.05, 0) is 25.0 Å². The van der Waals surface area contributed by atoms with Gasteiger partial charge in [-0.1, -0.05) is 6.42 Å². The van der Waals surface area contributed by atoms with Crippen molar-refractivity contribution < 1.29 is 5.11 Å². The second-order valence-corrected chi connectivity index (χ2v) is 4.34. The molecule has 0 spiro atoms. The molecule has 0 aliphatic heterocycles. The zero-order valence-corrected chi connectivity index (χ0v) is 8.77. The van der Waals surface area contributed by atoms with E-state index in [1.807, 2.05) is 17.8 Å². The number of aromatic nitrogens is 2. The van der Waals surface area contributed by atoms with Gasteiger partial charge in [0.25, 0.3) is 0 Å². The zero-order chi connectivity index (χ0) is 10.4. The SMILES string of the molecule is Cn1nc(C2CCC2)c2ccc(O)cc21. The first-order valence-electron chi connectivity index (χ1n) is 5.41. The van der Waals surface area contributed by atoms with E-state index in [4.69, 9.17) is 0 Å². The maximum Gasteiger partial charge on any atom is 0.117 e. The quantitative estimate of drug-likeness (QED) is 0.771. The number of benzene rings is 1. The van der Waals surface area contributed by atoms with Crippen LogP contribution in [0.2, 0.25) is 0 Å². The Balaban J connectivity index is 2.22. The van der Waals surface area contributed by atoms with Gasteiger partial charge in [0.15, 0.2) is 0 Å². The molecule has 78 valence electrons. The van der Waals surface area contributed by atoms with Crippen LogP contribution in [0, 0.1) is 0 Å². The molecule has 15 heavy (non-hydrogen) atoms. The van der Waals surface area contributed by atoms with Crippen molar-refractivity contribution in [3.8, 4) is 5.75 Å². The summed E-state index contributed by atoms with van der Waals surface area (Å²) < 4.78 is 1.86. The lowest BCUT2D eigenvalue weighted by molar-refractivity contribution is 0.410. The molecular weight excluding hydrogens is 188 g/mol. The van der Waals surface area contributed by atoms with Gasteiger partial charge in [0, 0.05) is 24.4 Å². The first-order valence-corrected chi connectivity index (χ1v) is 5.41. The molecule has 1 heterocycles. The van der Waals surface area contributed by atoms with E-state index in [1.165, 1.54) is 30.3 Å². The number of phenolic OH excluding ortho intramolecular Hbond substituents is 1.